The molecule has 7 nitrogen and oxygen atoms in total. The number of hydrogen-bond donors (Lipinski definition) is 3. The lowest BCUT2D eigenvalue weighted by atomic mass is 9.94. The van der Waals surface area contributed by atoms with E-state index in [1.165, 1.54) is 6.92 Å². The molecule has 0 aromatic rings. The summed E-state index contributed by atoms with van der Waals surface area (Å²) in [6.07, 6.45) is 2.78. The smallest absolute Gasteiger partial charge is 0.329 e. The summed E-state index contributed by atoms with van der Waals surface area (Å²) in [6, 6.07) is -0.961. The highest BCUT2D eigenvalue weighted by Crippen LogP contribution is 2.39. The van der Waals surface area contributed by atoms with Crippen LogP contribution >= 0.6 is 0 Å². The minimum absolute atomic E-state index is 0.0898. The molecule has 0 saturated heterocycles. The van der Waals surface area contributed by atoms with E-state index >= 15 is 0 Å². The summed E-state index contributed by atoms with van der Waals surface area (Å²) in [4.78, 5) is 23.7. The van der Waals surface area contributed by atoms with Crippen molar-refractivity contribution in [2.24, 2.45) is 11.8 Å². The van der Waals surface area contributed by atoms with Crippen LogP contribution in [0.1, 0.15) is 40.0 Å². The minimum atomic E-state index is -3.55. The molecule has 0 aliphatic heterocycles. The van der Waals surface area contributed by atoms with Crippen LogP contribution in [0.4, 0.5) is 0 Å². The van der Waals surface area contributed by atoms with Crippen LogP contribution in [0.2, 0.25) is 0 Å². The van der Waals surface area contributed by atoms with Gasteiger partial charge < -0.3 is 10.4 Å². The second kappa shape index (κ2) is 6.31. The average Bonchev–Trinajstić information content (AvgIpc) is 3.08. The highest BCUT2D eigenvalue weighted by Gasteiger charge is 2.49. The fraction of sp³-hybridized carbons (Fsp3) is 0.846. The molecule has 3 N–H and O–H groups in total. The van der Waals surface area contributed by atoms with Gasteiger partial charge in [-0.05, 0) is 38.0 Å². The number of carboxylic acid groups (broad SMARTS) is 1. The first kappa shape index (κ1) is 17.9. The van der Waals surface area contributed by atoms with E-state index in [9.17, 15) is 23.1 Å². The summed E-state index contributed by atoms with van der Waals surface area (Å²) in [5.74, 6) is -1.70. The van der Waals surface area contributed by atoms with Gasteiger partial charge in [-0.3, -0.25) is 4.79 Å². The van der Waals surface area contributed by atoms with Gasteiger partial charge in [0.25, 0.3) is 0 Å². The molecule has 1 saturated carbocycles. The van der Waals surface area contributed by atoms with Crippen LogP contribution < -0.4 is 10.0 Å². The van der Waals surface area contributed by atoms with Crippen molar-refractivity contribution in [2.75, 3.05) is 6.26 Å². The Bertz CT molecular complexity index is 513. The summed E-state index contributed by atoms with van der Waals surface area (Å²) in [5.41, 5.74) is -1.34. The standard InChI is InChI=1S/C13H24N2O5S/c1-8(2)7-10(15-21(4,19)20)11(16)14-13(3,12(17)18)9-5-6-9/h8-10,15H,5-7H2,1-4H3,(H,14,16)(H,17,18). The van der Waals surface area contributed by atoms with Crippen LogP contribution in [0.5, 0.6) is 0 Å². The van der Waals surface area contributed by atoms with E-state index in [1.807, 2.05) is 13.8 Å². The second-order valence-electron chi connectivity index (χ2n) is 6.34. The van der Waals surface area contributed by atoms with E-state index in [-0.39, 0.29) is 11.8 Å². The Kier molecular flexibility index (Phi) is 5.38. The minimum Gasteiger partial charge on any atom is -0.480 e. The van der Waals surface area contributed by atoms with Crippen LogP contribution in [-0.4, -0.2) is 43.2 Å². The largest absolute Gasteiger partial charge is 0.480 e. The molecule has 1 aliphatic carbocycles. The maximum absolute atomic E-state index is 12.3. The molecule has 1 aliphatic rings. The lowest BCUT2D eigenvalue weighted by Crippen LogP contribution is -2.59. The molecule has 21 heavy (non-hydrogen) atoms. The van der Waals surface area contributed by atoms with Crippen molar-refractivity contribution in [2.45, 2.75) is 51.6 Å². The number of carboxylic acids is 1. The second-order valence-corrected chi connectivity index (χ2v) is 8.12. The fourth-order valence-electron chi connectivity index (χ4n) is 2.27. The molecule has 0 bridgehead atoms. The van der Waals surface area contributed by atoms with Crippen molar-refractivity contribution in [1.82, 2.24) is 10.0 Å². The molecule has 2 unspecified atom stereocenters. The van der Waals surface area contributed by atoms with Crippen LogP contribution in [0, 0.1) is 11.8 Å². The van der Waals surface area contributed by atoms with E-state index in [2.05, 4.69) is 10.0 Å². The first-order valence-corrected chi connectivity index (χ1v) is 8.87. The zero-order chi connectivity index (χ0) is 16.4. The van der Waals surface area contributed by atoms with Gasteiger partial charge in [0.15, 0.2) is 0 Å². The van der Waals surface area contributed by atoms with Gasteiger partial charge >= 0.3 is 5.97 Å². The predicted molar refractivity (Wildman–Crippen MR) is 78.1 cm³/mol. The van der Waals surface area contributed by atoms with Crippen molar-refractivity contribution in [1.29, 1.82) is 0 Å². The molecule has 1 rings (SSSR count). The Hall–Kier alpha value is -1.15. The van der Waals surface area contributed by atoms with Crippen molar-refractivity contribution in [3.8, 4) is 0 Å². The summed E-state index contributed by atoms with van der Waals surface area (Å²) in [7, 11) is -3.55. The summed E-state index contributed by atoms with van der Waals surface area (Å²) in [5, 5.41) is 11.9. The van der Waals surface area contributed by atoms with Crippen LogP contribution in [0.15, 0.2) is 0 Å². The van der Waals surface area contributed by atoms with Gasteiger partial charge in [0.2, 0.25) is 15.9 Å². The zero-order valence-corrected chi connectivity index (χ0v) is 13.7. The van der Waals surface area contributed by atoms with E-state index < -0.39 is 33.5 Å². The molecule has 2 atom stereocenters. The average molecular weight is 320 g/mol. The molecule has 0 aromatic heterocycles. The van der Waals surface area contributed by atoms with Crippen molar-refractivity contribution in [3.05, 3.63) is 0 Å². The van der Waals surface area contributed by atoms with Gasteiger partial charge in [0, 0.05) is 0 Å². The van der Waals surface area contributed by atoms with Crippen molar-refractivity contribution >= 4 is 21.9 Å². The molecular weight excluding hydrogens is 296 g/mol. The molecule has 1 fully saturated rings. The third-order valence-electron chi connectivity index (χ3n) is 3.60. The quantitative estimate of drug-likeness (QED) is 0.596. The van der Waals surface area contributed by atoms with E-state index in [4.69, 9.17) is 0 Å². The molecule has 1 amide bonds. The topological polar surface area (TPSA) is 113 Å². The van der Waals surface area contributed by atoms with Crippen molar-refractivity contribution < 1.29 is 23.1 Å². The van der Waals surface area contributed by atoms with E-state index in [1.54, 1.807) is 0 Å². The maximum atomic E-state index is 12.3. The number of rotatable bonds is 8. The van der Waals surface area contributed by atoms with Gasteiger partial charge in [-0.25, -0.2) is 17.9 Å². The summed E-state index contributed by atoms with van der Waals surface area (Å²) in [6.45, 7) is 5.20. The predicted octanol–water partition coefficient (Wildman–Crippen LogP) is 0.320. The fourth-order valence-corrected chi connectivity index (χ4v) is 2.99. The molecule has 0 aromatic carbocycles. The molecule has 0 radical (unpaired) electrons. The molecule has 0 spiro atoms. The van der Waals surface area contributed by atoms with Gasteiger partial charge in [-0.1, -0.05) is 13.8 Å². The van der Waals surface area contributed by atoms with Crippen molar-refractivity contribution in [3.63, 3.8) is 0 Å². The van der Waals surface area contributed by atoms with Gasteiger partial charge in [0.1, 0.15) is 11.6 Å². The monoisotopic (exact) mass is 320 g/mol. The zero-order valence-electron chi connectivity index (χ0n) is 12.8. The third-order valence-corrected chi connectivity index (χ3v) is 4.31. The lowest BCUT2D eigenvalue weighted by Gasteiger charge is -2.29. The Labute approximate surface area is 125 Å². The van der Waals surface area contributed by atoms with E-state index in [0.717, 1.165) is 19.1 Å². The number of hydrogen-bond acceptors (Lipinski definition) is 4. The Morgan fingerprint density at radius 2 is 1.86 bits per heavy atom. The van der Waals surface area contributed by atoms with Crippen LogP contribution in [0.25, 0.3) is 0 Å². The first-order valence-electron chi connectivity index (χ1n) is 6.98. The van der Waals surface area contributed by atoms with Gasteiger partial charge in [-0.2, -0.15) is 0 Å². The van der Waals surface area contributed by atoms with Gasteiger partial charge in [-0.15, -0.1) is 0 Å². The SMILES string of the molecule is CC(C)CC(NS(C)(=O)=O)C(=O)NC(C)(C(=O)O)C1CC1. The highest BCUT2D eigenvalue weighted by molar-refractivity contribution is 7.88. The normalized spacial score (nSPS) is 19.9. The number of nitrogens with one attached hydrogen (secondary N) is 2. The maximum Gasteiger partial charge on any atom is 0.329 e. The summed E-state index contributed by atoms with van der Waals surface area (Å²) < 4.78 is 25.0. The lowest BCUT2D eigenvalue weighted by molar-refractivity contribution is -0.148. The molecule has 122 valence electrons. The van der Waals surface area contributed by atoms with Crippen LogP contribution in [-0.2, 0) is 19.6 Å². The Morgan fingerprint density at radius 3 is 2.19 bits per heavy atom. The van der Waals surface area contributed by atoms with Crippen LogP contribution in [0.3, 0.4) is 0 Å². The van der Waals surface area contributed by atoms with Gasteiger partial charge in [0.05, 0.1) is 6.26 Å². The molecule has 0 heterocycles. The molecule has 8 heteroatoms. The molecular formula is C13H24N2O5S. The van der Waals surface area contributed by atoms with E-state index in [0.29, 0.717) is 6.42 Å². The number of amides is 1. The summed E-state index contributed by atoms with van der Waals surface area (Å²) >= 11 is 0. The third kappa shape index (κ3) is 5.28. The number of carbonyl (C=O) groups is 2. The number of aliphatic carboxylic acids is 1. The first-order chi connectivity index (χ1) is 9.45. The number of carbonyl (C=O) groups excluding carboxylic acids is 1. The number of sulfonamides is 1. The Morgan fingerprint density at radius 1 is 1.33 bits per heavy atom. The highest BCUT2D eigenvalue weighted by atomic mass is 32.2. The Balaban J connectivity index is 2.86.